The van der Waals surface area contributed by atoms with Crippen LogP contribution in [0.15, 0.2) is 53.0 Å². The summed E-state index contributed by atoms with van der Waals surface area (Å²) in [6.07, 6.45) is 3.26. The number of hydrogen-bond donors (Lipinski definition) is 0. The fourth-order valence-electron chi connectivity index (χ4n) is 4.09. The molecule has 0 aliphatic carbocycles. The number of likely N-dealkylation sites (tertiary alicyclic amines) is 1. The van der Waals surface area contributed by atoms with Crippen LogP contribution in [0.2, 0.25) is 0 Å². The summed E-state index contributed by atoms with van der Waals surface area (Å²) in [6, 6.07) is 17.3. The van der Waals surface area contributed by atoms with Gasteiger partial charge in [-0.15, -0.1) is 0 Å². The molecule has 4 rings (SSSR count). The summed E-state index contributed by atoms with van der Waals surface area (Å²) in [5, 5.41) is 0. The number of benzene rings is 2. The van der Waals surface area contributed by atoms with Crippen LogP contribution in [0.1, 0.15) is 35.6 Å². The van der Waals surface area contributed by atoms with Gasteiger partial charge in [0.25, 0.3) is 0 Å². The van der Waals surface area contributed by atoms with Crippen molar-refractivity contribution < 1.29 is 4.79 Å². The van der Waals surface area contributed by atoms with E-state index in [1.165, 1.54) is 16.7 Å². The highest BCUT2D eigenvalue weighted by Gasteiger charge is 2.30. The Bertz CT molecular complexity index is 776. The van der Waals surface area contributed by atoms with Crippen molar-refractivity contribution in [3.05, 3.63) is 69.7 Å². The number of nitrogens with zero attached hydrogens (tertiary/aromatic N) is 2. The zero-order chi connectivity index (χ0) is 17.2. The molecule has 2 aliphatic heterocycles. The van der Waals surface area contributed by atoms with Crippen LogP contribution in [0.5, 0.6) is 0 Å². The van der Waals surface area contributed by atoms with E-state index in [0.717, 1.165) is 43.4 Å². The molecule has 0 saturated carbocycles. The largest absolute Gasteiger partial charge is 0.337 e. The molecule has 0 N–H and O–H groups in total. The lowest BCUT2D eigenvalue weighted by Gasteiger charge is -2.32. The summed E-state index contributed by atoms with van der Waals surface area (Å²) >= 11 is 3.56. The second kappa shape index (κ2) is 7.30. The van der Waals surface area contributed by atoms with Gasteiger partial charge in [-0.25, -0.2) is 0 Å². The number of carbonyl (C=O) groups is 1. The van der Waals surface area contributed by atoms with E-state index in [0.29, 0.717) is 12.6 Å². The highest BCUT2D eigenvalue weighted by Crippen LogP contribution is 2.33. The maximum atomic E-state index is 12.9. The molecule has 2 heterocycles. The van der Waals surface area contributed by atoms with Gasteiger partial charge in [0.05, 0.1) is 6.54 Å². The fraction of sp³-hybridized carbons (Fsp3) is 0.381. The van der Waals surface area contributed by atoms with E-state index in [-0.39, 0.29) is 5.91 Å². The Kier molecular flexibility index (Phi) is 4.91. The number of halogens is 1. The molecule has 0 spiro atoms. The molecular weight excluding hydrogens is 376 g/mol. The minimum absolute atomic E-state index is 0.261. The van der Waals surface area contributed by atoms with E-state index in [1.807, 2.05) is 4.90 Å². The van der Waals surface area contributed by atoms with Gasteiger partial charge in [0.15, 0.2) is 0 Å². The molecule has 0 radical (unpaired) electrons. The van der Waals surface area contributed by atoms with Crippen molar-refractivity contribution in [2.75, 3.05) is 19.6 Å². The SMILES string of the molecule is O=C(CN1CCC[C@H]1c1cccc(Br)c1)N1CCc2ccccc2C1. The molecule has 1 atom stereocenters. The van der Waals surface area contributed by atoms with Crippen molar-refractivity contribution in [3.8, 4) is 0 Å². The topological polar surface area (TPSA) is 23.6 Å². The number of amides is 1. The van der Waals surface area contributed by atoms with Gasteiger partial charge >= 0.3 is 0 Å². The average molecular weight is 399 g/mol. The van der Waals surface area contributed by atoms with Crippen LogP contribution < -0.4 is 0 Å². The number of carbonyl (C=O) groups excluding carboxylic acids is 1. The summed E-state index contributed by atoms with van der Waals surface area (Å²) in [5.74, 6) is 0.261. The van der Waals surface area contributed by atoms with Gasteiger partial charge in [-0.1, -0.05) is 52.3 Å². The van der Waals surface area contributed by atoms with Crippen LogP contribution in [0.3, 0.4) is 0 Å². The molecule has 4 heteroatoms. The van der Waals surface area contributed by atoms with E-state index in [4.69, 9.17) is 0 Å². The molecule has 1 amide bonds. The molecular formula is C21H23BrN2O. The molecule has 0 aromatic heterocycles. The van der Waals surface area contributed by atoms with Gasteiger partial charge < -0.3 is 4.90 Å². The van der Waals surface area contributed by atoms with Gasteiger partial charge in [0, 0.05) is 23.6 Å². The molecule has 2 aromatic carbocycles. The van der Waals surface area contributed by atoms with Crippen molar-refractivity contribution in [2.45, 2.75) is 31.8 Å². The molecule has 3 nitrogen and oxygen atoms in total. The molecule has 0 bridgehead atoms. The van der Waals surface area contributed by atoms with Crippen LogP contribution in [0.25, 0.3) is 0 Å². The van der Waals surface area contributed by atoms with E-state index in [2.05, 4.69) is 69.4 Å². The van der Waals surface area contributed by atoms with Gasteiger partial charge in [-0.3, -0.25) is 9.69 Å². The van der Waals surface area contributed by atoms with Crippen LogP contribution >= 0.6 is 15.9 Å². The first kappa shape index (κ1) is 16.8. The Balaban J connectivity index is 1.44. The van der Waals surface area contributed by atoms with Gasteiger partial charge in [-0.2, -0.15) is 0 Å². The second-order valence-corrected chi connectivity index (χ2v) is 7.93. The lowest BCUT2D eigenvalue weighted by molar-refractivity contribution is -0.133. The predicted molar refractivity (Wildman–Crippen MR) is 103 cm³/mol. The Hall–Kier alpha value is -1.65. The third-order valence-electron chi connectivity index (χ3n) is 5.42. The van der Waals surface area contributed by atoms with Crippen molar-refractivity contribution >= 4 is 21.8 Å². The maximum Gasteiger partial charge on any atom is 0.237 e. The summed E-state index contributed by atoms with van der Waals surface area (Å²) in [4.78, 5) is 17.3. The molecule has 1 fully saturated rings. The Morgan fingerprint density at radius 3 is 2.76 bits per heavy atom. The molecule has 2 aromatic rings. The van der Waals surface area contributed by atoms with E-state index >= 15 is 0 Å². The Morgan fingerprint density at radius 1 is 1.08 bits per heavy atom. The normalized spacial score (nSPS) is 20.5. The second-order valence-electron chi connectivity index (χ2n) is 7.02. The quantitative estimate of drug-likeness (QED) is 0.774. The average Bonchev–Trinajstić information content (AvgIpc) is 3.09. The van der Waals surface area contributed by atoms with Gasteiger partial charge in [0.2, 0.25) is 5.91 Å². The van der Waals surface area contributed by atoms with Gasteiger partial charge in [-0.05, 0) is 54.6 Å². The minimum Gasteiger partial charge on any atom is -0.337 e. The lowest BCUT2D eigenvalue weighted by Crippen LogP contribution is -2.42. The highest BCUT2D eigenvalue weighted by molar-refractivity contribution is 9.10. The predicted octanol–water partition coefficient (Wildman–Crippen LogP) is 4.17. The summed E-state index contributed by atoms with van der Waals surface area (Å²) < 4.78 is 1.11. The van der Waals surface area contributed by atoms with Crippen LogP contribution in [-0.2, 0) is 17.8 Å². The van der Waals surface area contributed by atoms with E-state index in [1.54, 1.807) is 0 Å². The summed E-state index contributed by atoms with van der Waals surface area (Å²) in [5.41, 5.74) is 4.00. The molecule has 1 saturated heterocycles. The monoisotopic (exact) mass is 398 g/mol. The lowest BCUT2D eigenvalue weighted by atomic mass is 10.00. The first-order chi connectivity index (χ1) is 12.2. The molecule has 130 valence electrons. The highest BCUT2D eigenvalue weighted by atomic mass is 79.9. The zero-order valence-electron chi connectivity index (χ0n) is 14.3. The van der Waals surface area contributed by atoms with Gasteiger partial charge in [0.1, 0.15) is 0 Å². The van der Waals surface area contributed by atoms with Crippen LogP contribution in [0, 0.1) is 0 Å². The Morgan fingerprint density at radius 2 is 1.92 bits per heavy atom. The number of fused-ring (bicyclic) bond motifs is 1. The minimum atomic E-state index is 0.261. The van der Waals surface area contributed by atoms with Crippen LogP contribution in [-0.4, -0.2) is 35.3 Å². The number of hydrogen-bond acceptors (Lipinski definition) is 2. The Labute approximate surface area is 157 Å². The van der Waals surface area contributed by atoms with Crippen molar-refractivity contribution in [1.29, 1.82) is 0 Å². The fourth-order valence-corrected chi connectivity index (χ4v) is 4.51. The maximum absolute atomic E-state index is 12.9. The number of rotatable bonds is 3. The van der Waals surface area contributed by atoms with Crippen LogP contribution in [0.4, 0.5) is 0 Å². The molecule has 2 aliphatic rings. The first-order valence-electron chi connectivity index (χ1n) is 9.05. The van der Waals surface area contributed by atoms with Crippen molar-refractivity contribution in [1.82, 2.24) is 9.80 Å². The first-order valence-corrected chi connectivity index (χ1v) is 9.84. The zero-order valence-corrected chi connectivity index (χ0v) is 15.9. The van der Waals surface area contributed by atoms with E-state index < -0.39 is 0 Å². The van der Waals surface area contributed by atoms with Crippen molar-refractivity contribution in [2.24, 2.45) is 0 Å². The third-order valence-corrected chi connectivity index (χ3v) is 5.91. The molecule has 0 unspecified atom stereocenters. The third kappa shape index (κ3) is 3.65. The van der Waals surface area contributed by atoms with E-state index in [9.17, 15) is 4.79 Å². The smallest absolute Gasteiger partial charge is 0.237 e. The summed E-state index contributed by atoms with van der Waals surface area (Å²) in [7, 11) is 0. The molecule has 25 heavy (non-hydrogen) atoms. The summed E-state index contributed by atoms with van der Waals surface area (Å²) in [6.45, 7) is 3.13. The van der Waals surface area contributed by atoms with Crippen molar-refractivity contribution in [3.63, 3.8) is 0 Å². The standard InChI is InChI=1S/C21H23BrN2O/c22-19-8-3-7-17(13-19)20-9-4-11-23(20)15-21(25)24-12-10-16-5-1-2-6-18(16)14-24/h1-3,5-8,13,20H,4,9-12,14-15H2/t20-/m0/s1.